The fourth-order valence-electron chi connectivity index (χ4n) is 1.90. The third-order valence-electron chi connectivity index (χ3n) is 2.96. The summed E-state index contributed by atoms with van der Waals surface area (Å²) >= 11 is 3.29. The third-order valence-corrected chi connectivity index (χ3v) is 5.14. The molecule has 0 bridgehead atoms. The fraction of sp³-hybridized carbons (Fsp3) is 0.286. The molecule has 0 radical (unpaired) electrons. The van der Waals surface area contributed by atoms with Crippen molar-refractivity contribution in [2.24, 2.45) is 0 Å². The quantitative estimate of drug-likeness (QED) is 0.907. The van der Waals surface area contributed by atoms with Crippen LogP contribution in [0, 0.1) is 13.8 Å². The van der Waals surface area contributed by atoms with Gasteiger partial charge in [-0.25, -0.2) is 13.1 Å². The first kappa shape index (κ1) is 15.3. The molecule has 0 saturated carbocycles. The molecule has 2 aromatic rings. The number of furan rings is 1. The van der Waals surface area contributed by atoms with Crippen LogP contribution in [-0.2, 0) is 10.0 Å². The summed E-state index contributed by atoms with van der Waals surface area (Å²) in [7, 11) is -3.59. The van der Waals surface area contributed by atoms with Crippen molar-refractivity contribution in [2.75, 3.05) is 0 Å². The highest BCUT2D eigenvalue weighted by atomic mass is 79.9. The standard InChI is InChI=1S/C14H16BrNO3S/c1-9-4-6-12(15)8-14(9)20(17,18)16-11(3)13-7-5-10(2)19-13/h4-8,11,16H,1-3H3. The Hall–Kier alpha value is -1.11. The van der Waals surface area contributed by atoms with Crippen LogP contribution in [0.2, 0.25) is 0 Å². The van der Waals surface area contributed by atoms with Crippen molar-refractivity contribution in [1.82, 2.24) is 4.72 Å². The van der Waals surface area contributed by atoms with Gasteiger partial charge >= 0.3 is 0 Å². The predicted molar refractivity (Wildman–Crippen MR) is 81.1 cm³/mol. The summed E-state index contributed by atoms with van der Waals surface area (Å²) in [5.41, 5.74) is 0.698. The first-order valence-electron chi connectivity index (χ1n) is 6.14. The van der Waals surface area contributed by atoms with E-state index in [4.69, 9.17) is 4.42 Å². The maximum atomic E-state index is 12.4. The number of benzene rings is 1. The van der Waals surface area contributed by atoms with Gasteiger partial charge in [0.2, 0.25) is 10.0 Å². The van der Waals surface area contributed by atoms with Crippen molar-refractivity contribution in [3.05, 3.63) is 51.9 Å². The molecule has 6 heteroatoms. The minimum absolute atomic E-state index is 0.266. The lowest BCUT2D eigenvalue weighted by Gasteiger charge is -2.14. The van der Waals surface area contributed by atoms with E-state index in [0.29, 0.717) is 11.3 Å². The Kier molecular flexibility index (Phi) is 4.36. The van der Waals surface area contributed by atoms with E-state index in [-0.39, 0.29) is 4.90 Å². The lowest BCUT2D eigenvalue weighted by Crippen LogP contribution is -2.27. The first-order valence-corrected chi connectivity index (χ1v) is 8.42. The third kappa shape index (κ3) is 3.31. The molecule has 1 aromatic heterocycles. The van der Waals surface area contributed by atoms with E-state index < -0.39 is 16.1 Å². The molecule has 0 fully saturated rings. The van der Waals surface area contributed by atoms with Crippen LogP contribution in [0.15, 0.2) is 44.1 Å². The molecule has 1 unspecified atom stereocenters. The molecule has 0 amide bonds. The van der Waals surface area contributed by atoms with Gasteiger partial charge in [-0.1, -0.05) is 22.0 Å². The van der Waals surface area contributed by atoms with Crippen molar-refractivity contribution in [2.45, 2.75) is 31.7 Å². The van der Waals surface area contributed by atoms with Gasteiger partial charge in [0.05, 0.1) is 10.9 Å². The zero-order valence-electron chi connectivity index (χ0n) is 11.5. The molecule has 2 rings (SSSR count). The summed E-state index contributed by atoms with van der Waals surface area (Å²) in [5.74, 6) is 1.35. The van der Waals surface area contributed by atoms with E-state index in [0.717, 1.165) is 10.2 Å². The van der Waals surface area contributed by atoms with Gasteiger partial charge in [0.25, 0.3) is 0 Å². The number of sulfonamides is 1. The van der Waals surface area contributed by atoms with E-state index in [2.05, 4.69) is 20.7 Å². The van der Waals surface area contributed by atoms with E-state index >= 15 is 0 Å². The molecule has 1 heterocycles. The zero-order chi connectivity index (χ0) is 14.9. The average molecular weight is 358 g/mol. The van der Waals surface area contributed by atoms with Gasteiger partial charge in [-0.2, -0.15) is 0 Å². The lowest BCUT2D eigenvalue weighted by molar-refractivity contribution is 0.441. The molecule has 0 spiro atoms. The Morgan fingerprint density at radius 3 is 2.50 bits per heavy atom. The molecular weight excluding hydrogens is 342 g/mol. The van der Waals surface area contributed by atoms with Gasteiger partial charge in [-0.3, -0.25) is 0 Å². The normalized spacial score (nSPS) is 13.4. The second-order valence-corrected chi connectivity index (χ2v) is 7.30. The summed E-state index contributed by atoms with van der Waals surface area (Å²) in [4.78, 5) is 0.266. The van der Waals surface area contributed by atoms with Gasteiger partial charge in [-0.15, -0.1) is 0 Å². The van der Waals surface area contributed by atoms with Crippen LogP contribution in [0.3, 0.4) is 0 Å². The monoisotopic (exact) mass is 357 g/mol. The summed E-state index contributed by atoms with van der Waals surface area (Å²) < 4.78 is 33.6. The van der Waals surface area contributed by atoms with Gasteiger partial charge in [0.15, 0.2) is 0 Å². The van der Waals surface area contributed by atoms with Crippen molar-refractivity contribution in [3.63, 3.8) is 0 Å². The molecular formula is C14H16BrNO3S. The summed E-state index contributed by atoms with van der Waals surface area (Å²) in [6.45, 7) is 5.34. The van der Waals surface area contributed by atoms with Gasteiger partial charge < -0.3 is 4.42 Å². The van der Waals surface area contributed by atoms with Crippen LogP contribution in [0.4, 0.5) is 0 Å². The molecule has 0 aliphatic rings. The Morgan fingerprint density at radius 1 is 1.20 bits per heavy atom. The molecule has 1 atom stereocenters. The van der Waals surface area contributed by atoms with Crippen molar-refractivity contribution < 1.29 is 12.8 Å². The molecule has 0 saturated heterocycles. The number of hydrogen-bond acceptors (Lipinski definition) is 3. The average Bonchev–Trinajstić information content (AvgIpc) is 2.78. The number of nitrogens with one attached hydrogen (secondary N) is 1. The smallest absolute Gasteiger partial charge is 0.241 e. The Balaban J connectivity index is 2.29. The lowest BCUT2D eigenvalue weighted by atomic mass is 10.2. The Bertz CT molecular complexity index is 722. The first-order chi connectivity index (χ1) is 9.29. The minimum atomic E-state index is -3.59. The number of hydrogen-bond donors (Lipinski definition) is 1. The maximum absolute atomic E-state index is 12.4. The highest BCUT2D eigenvalue weighted by molar-refractivity contribution is 9.10. The van der Waals surface area contributed by atoms with Crippen LogP contribution >= 0.6 is 15.9 Å². The van der Waals surface area contributed by atoms with Crippen LogP contribution in [0.5, 0.6) is 0 Å². The van der Waals surface area contributed by atoms with Crippen LogP contribution < -0.4 is 4.72 Å². The molecule has 108 valence electrons. The van der Waals surface area contributed by atoms with E-state index in [1.54, 1.807) is 32.0 Å². The van der Waals surface area contributed by atoms with Crippen molar-refractivity contribution >= 4 is 26.0 Å². The highest BCUT2D eigenvalue weighted by Gasteiger charge is 2.22. The van der Waals surface area contributed by atoms with Gasteiger partial charge in [0, 0.05) is 4.47 Å². The maximum Gasteiger partial charge on any atom is 0.241 e. The number of halogens is 1. The zero-order valence-corrected chi connectivity index (χ0v) is 13.9. The summed E-state index contributed by atoms with van der Waals surface area (Å²) in [6, 6.07) is 8.33. The molecule has 0 aliphatic heterocycles. The molecule has 0 aliphatic carbocycles. The number of aryl methyl sites for hydroxylation is 2. The summed E-state index contributed by atoms with van der Waals surface area (Å²) in [5, 5.41) is 0. The van der Waals surface area contributed by atoms with E-state index in [9.17, 15) is 8.42 Å². The molecule has 4 nitrogen and oxygen atoms in total. The van der Waals surface area contributed by atoms with Crippen LogP contribution in [0.25, 0.3) is 0 Å². The van der Waals surface area contributed by atoms with E-state index in [1.807, 2.05) is 19.1 Å². The second kappa shape index (κ2) is 5.71. The summed E-state index contributed by atoms with van der Waals surface area (Å²) in [6.07, 6.45) is 0. The Labute approximate surface area is 127 Å². The number of rotatable bonds is 4. The Morgan fingerprint density at radius 2 is 1.90 bits per heavy atom. The van der Waals surface area contributed by atoms with E-state index in [1.165, 1.54) is 0 Å². The van der Waals surface area contributed by atoms with Crippen molar-refractivity contribution in [3.8, 4) is 0 Å². The highest BCUT2D eigenvalue weighted by Crippen LogP contribution is 2.23. The molecule has 20 heavy (non-hydrogen) atoms. The largest absolute Gasteiger partial charge is 0.465 e. The molecule has 1 aromatic carbocycles. The SMILES string of the molecule is Cc1ccc(C(C)NS(=O)(=O)c2cc(Br)ccc2C)o1. The second-order valence-electron chi connectivity index (χ2n) is 4.70. The van der Waals surface area contributed by atoms with Crippen LogP contribution in [0.1, 0.15) is 30.0 Å². The minimum Gasteiger partial charge on any atom is -0.465 e. The van der Waals surface area contributed by atoms with Crippen LogP contribution in [-0.4, -0.2) is 8.42 Å². The molecule has 1 N–H and O–H groups in total. The van der Waals surface area contributed by atoms with Crippen molar-refractivity contribution in [1.29, 1.82) is 0 Å². The van der Waals surface area contributed by atoms with Gasteiger partial charge in [-0.05, 0) is 50.6 Å². The van der Waals surface area contributed by atoms with Gasteiger partial charge in [0.1, 0.15) is 11.5 Å². The fourth-order valence-corrected chi connectivity index (χ4v) is 3.90. The predicted octanol–water partition coefficient (Wildman–Crippen LogP) is 3.70. The topological polar surface area (TPSA) is 59.3 Å².